The Hall–Kier alpha value is -1.41. The summed E-state index contributed by atoms with van der Waals surface area (Å²) in [6.07, 6.45) is 2.93. The van der Waals surface area contributed by atoms with Gasteiger partial charge in [-0.3, -0.25) is 4.79 Å². The van der Waals surface area contributed by atoms with Gasteiger partial charge in [-0.15, -0.1) is 0 Å². The standard InChI is InChI=1S/C11H19N3O4S/c1-5-14-7-10(12-8-14)19(16,17)13(3)6-9(2)11(15)18-4/h7-9H,5-6H2,1-4H3. The number of hydrogen-bond acceptors (Lipinski definition) is 5. The number of methoxy groups -OCH3 is 1. The van der Waals surface area contributed by atoms with E-state index in [1.54, 1.807) is 11.5 Å². The second kappa shape index (κ2) is 6.16. The molecule has 0 bridgehead atoms. The number of nitrogens with zero attached hydrogens (tertiary/aromatic N) is 3. The lowest BCUT2D eigenvalue weighted by Crippen LogP contribution is -2.34. The number of imidazole rings is 1. The number of carbonyl (C=O) groups excluding carboxylic acids is 1. The molecule has 0 spiro atoms. The predicted molar refractivity (Wildman–Crippen MR) is 68.9 cm³/mol. The first-order valence-corrected chi connectivity index (χ1v) is 7.32. The molecule has 1 atom stereocenters. The topological polar surface area (TPSA) is 81.5 Å². The van der Waals surface area contributed by atoms with Crippen molar-refractivity contribution in [3.05, 3.63) is 12.5 Å². The molecule has 1 heterocycles. The molecular weight excluding hydrogens is 270 g/mol. The van der Waals surface area contributed by atoms with Gasteiger partial charge in [0.15, 0.2) is 5.03 Å². The van der Waals surface area contributed by atoms with E-state index in [9.17, 15) is 13.2 Å². The SMILES string of the molecule is CCn1cnc(S(=O)(=O)N(C)CC(C)C(=O)OC)c1. The van der Waals surface area contributed by atoms with Crippen LogP contribution in [0.3, 0.4) is 0 Å². The van der Waals surface area contributed by atoms with Crippen LogP contribution in [-0.4, -0.2) is 48.9 Å². The van der Waals surface area contributed by atoms with Crippen LogP contribution in [0.5, 0.6) is 0 Å². The summed E-state index contributed by atoms with van der Waals surface area (Å²) in [6, 6.07) is 0. The summed E-state index contributed by atoms with van der Waals surface area (Å²) < 4.78 is 31.8. The third-order valence-electron chi connectivity index (χ3n) is 2.78. The molecule has 0 N–H and O–H groups in total. The van der Waals surface area contributed by atoms with E-state index in [1.165, 1.54) is 26.7 Å². The molecule has 0 radical (unpaired) electrons. The number of hydrogen-bond donors (Lipinski definition) is 0. The predicted octanol–water partition coefficient (Wildman–Crippen LogP) is 0.333. The minimum Gasteiger partial charge on any atom is -0.469 e. The first kappa shape index (κ1) is 15.6. The normalized spacial score (nSPS) is 13.5. The number of sulfonamides is 1. The molecule has 0 amide bonds. The number of aryl methyl sites for hydroxylation is 1. The quantitative estimate of drug-likeness (QED) is 0.705. The number of rotatable bonds is 6. The van der Waals surface area contributed by atoms with Crippen LogP contribution in [0.15, 0.2) is 17.6 Å². The fourth-order valence-corrected chi connectivity index (χ4v) is 2.75. The van der Waals surface area contributed by atoms with Crippen LogP contribution in [0.25, 0.3) is 0 Å². The van der Waals surface area contributed by atoms with Crippen LogP contribution in [0.2, 0.25) is 0 Å². The molecule has 8 heteroatoms. The number of esters is 1. The highest BCUT2D eigenvalue weighted by atomic mass is 32.2. The van der Waals surface area contributed by atoms with Crippen molar-refractivity contribution in [3.63, 3.8) is 0 Å². The van der Waals surface area contributed by atoms with E-state index >= 15 is 0 Å². The highest BCUT2D eigenvalue weighted by Crippen LogP contribution is 2.13. The van der Waals surface area contributed by atoms with Crippen LogP contribution in [-0.2, 0) is 26.1 Å². The summed E-state index contributed by atoms with van der Waals surface area (Å²) in [6.45, 7) is 4.20. The highest BCUT2D eigenvalue weighted by Gasteiger charge is 2.27. The molecule has 1 unspecified atom stereocenters. The van der Waals surface area contributed by atoms with Crippen LogP contribution >= 0.6 is 0 Å². The molecule has 0 aliphatic carbocycles. The highest BCUT2D eigenvalue weighted by molar-refractivity contribution is 7.89. The summed E-state index contributed by atoms with van der Waals surface area (Å²) in [5, 5.41) is -0.0195. The second-order valence-electron chi connectivity index (χ2n) is 4.25. The number of aromatic nitrogens is 2. The molecule has 0 saturated carbocycles. The first-order valence-electron chi connectivity index (χ1n) is 5.88. The van der Waals surface area contributed by atoms with Crippen LogP contribution in [0.1, 0.15) is 13.8 Å². The van der Waals surface area contributed by atoms with E-state index < -0.39 is 21.9 Å². The summed E-state index contributed by atoms with van der Waals surface area (Å²) >= 11 is 0. The lowest BCUT2D eigenvalue weighted by molar-refractivity contribution is -0.144. The Balaban J connectivity index is 2.85. The summed E-state index contributed by atoms with van der Waals surface area (Å²) in [5.41, 5.74) is 0. The molecule has 1 aromatic rings. The molecular formula is C11H19N3O4S. The Morgan fingerprint density at radius 1 is 1.58 bits per heavy atom. The zero-order chi connectivity index (χ0) is 14.6. The molecule has 0 aromatic carbocycles. The van der Waals surface area contributed by atoms with E-state index in [4.69, 9.17) is 0 Å². The van der Waals surface area contributed by atoms with Gasteiger partial charge in [-0.25, -0.2) is 13.4 Å². The monoisotopic (exact) mass is 289 g/mol. The van der Waals surface area contributed by atoms with Crippen molar-refractivity contribution in [2.45, 2.75) is 25.4 Å². The summed E-state index contributed by atoms with van der Waals surface area (Å²) in [4.78, 5) is 15.2. The van der Waals surface area contributed by atoms with E-state index in [0.29, 0.717) is 6.54 Å². The fraction of sp³-hybridized carbons (Fsp3) is 0.636. The average molecular weight is 289 g/mol. The van der Waals surface area contributed by atoms with E-state index in [0.717, 1.165) is 4.31 Å². The third-order valence-corrected chi connectivity index (χ3v) is 4.49. The molecule has 1 aromatic heterocycles. The minimum absolute atomic E-state index is 0.0195. The van der Waals surface area contributed by atoms with Crippen molar-refractivity contribution in [1.82, 2.24) is 13.9 Å². The Morgan fingerprint density at radius 2 is 2.21 bits per heavy atom. The van der Waals surface area contributed by atoms with Gasteiger partial charge < -0.3 is 9.30 Å². The largest absolute Gasteiger partial charge is 0.469 e. The molecule has 0 aliphatic heterocycles. The van der Waals surface area contributed by atoms with Gasteiger partial charge >= 0.3 is 5.97 Å². The first-order chi connectivity index (χ1) is 8.82. The van der Waals surface area contributed by atoms with Crippen molar-refractivity contribution in [1.29, 1.82) is 0 Å². The summed E-state index contributed by atoms with van der Waals surface area (Å²) in [5.74, 6) is -0.973. The van der Waals surface area contributed by atoms with E-state index in [-0.39, 0.29) is 11.6 Å². The molecule has 7 nitrogen and oxygen atoms in total. The van der Waals surface area contributed by atoms with Crippen molar-refractivity contribution >= 4 is 16.0 Å². The lowest BCUT2D eigenvalue weighted by Gasteiger charge is -2.18. The van der Waals surface area contributed by atoms with Gasteiger partial charge in [0.05, 0.1) is 19.4 Å². The lowest BCUT2D eigenvalue weighted by atomic mass is 10.2. The van der Waals surface area contributed by atoms with Gasteiger partial charge in [-0.1, -0.05) is 6.92 Å². The average Bonchev–Trinajstić information content (AvgIpc) is 2.86. The minimum atomic E-state index is -3.67. The maximum Gasteiger partial charge on any atom is 0.309 e. The molecule has 1 rings (SSSR count). The zero-order valence-corrected chi connectivity index (χ0v) is 12.3. The van der Waals surface area contributed by atoms with E-state index in [2.05, 4.69) is 9.72 Å². The van der Waals surface area contributed by atoms with Crippen molar-refractivity contribution in [2.24, 2.45) is 5.92 Å². The Bertz CT molecular complexity index is 538. The fourth-order valence-electron chi connectivity index (χ4n) is 1.56. The Kier molecular flexibility index (Phi) is 5.07. The van der Waals surface area contributed by atoms with Gasteiger partial charge in [-0.2, -0.15) is 4.31 Å². The third kappa shape index (κ3) is 3.54. The van der Waals surface area contributed by atoms with Crippen molar-refractivity contribution in [3.8, 4) is 0 Å². The Morgan fingerprint density at radius 3 is 2.68 bits per heavy atom. The molecule has 19 heavy (non-hydrogen) atoms. The molecule has 0 saturated heterocycles. The molecule has 0 aliphatic rings. The zero-order valence-electron chi connectivity index (χ0n) is 11.5. The second-order valence-corrected chi connectivity index (χ2v) is 6.24. The smallest absolute Gasteiger partial charge is 0.309 e. The van der Waals surface area contributed by atoms with Gasteiger partial charge in [-0.05, 0) is 6.92 Å². The van der Waals surface area contributed by atoms with Gasteiger partial charge in [0.2, 0.25) is 0 Å². The van der Waals surface area contributed by atoms with Gasteiger partial charge in [0, 0.05) is 26.3 Å². The maximum absolute atomic E-state index is 12.2. The maximum atomic E-state index is 12.2. The van der Waals surface area contributed by atoms with Crippen LogP contribution in [0, 0.1) is 5.92 Å². The van der Waals surface area contributed by atoms with Crippen molar-refractivity contribution < 1.29 is 17.9 Å². The summed E-state index contributed by atoms with van der Waals surface area (Å²) in [7, 11) is -0.981. The molecule has 108 valence electrons. The number of carbonyl (C=O) groups is 1. The molecule has 0 fully saturated rings. The van der Waals surface area contributed by atoms with Gasteiger partial charge in [0.25, 0.3) is 10.0 Å². The van der Waals surface area contributed by atoms with Gasteiger partial charge in [0.1, 0.15) is 0 Å². The van der Waals surface area contributed by atoms with Crippen LogP contribution in [0.4, 0.5) is 0 Å². The Labute approximate surface area is 113 Å². The van der Waals surface area contributed by atoms with Crippen LogP contribution < -0.4 is 0 Å². The van der Waals surface area contributed by atoms with E-state index in [1.807, 2.05) is 6.92 Å². The van der Waals surface area contributed by atoms with Crippen molar-refractivity contribution in [2.75, 3.05) is 20.7 Å². The number of ether oxygens (including phenoxy) is 1.